The first kappa shape index (κ1) is 7.66. The van der Waals surface area contributed by atoms with Gasteiger partial charge in [0, 0.05) is 0 Å². The zero-order valence-corrected chi connectivity index (χ0v) is 5.29. The highest BCUT2D eigenvalue weighted by atomic mass is 17.1. The molecule has 2 nitrogen and oxygen atoms in total. The maximum atomic E-state index is 7.83. The molecule has 0 aromatic carbocycles. The predicted octanol–water partition coefficient (Wildman–Crippen LogP) is 1.69. The topological polar surface area (TPSA) is 29.5 Å². The first-order chi connectivity index (χ1) is 3.77. The Morgan fingerprint density at radius 1 is 1.62 bits per heavy atom. The van der Waals surface area contributed by atoms with E-state index in [0.717, 1.165) is 0 Å². The summed E-state index contributed by atoms with van der Waals surface area (Å²) in [7, 11) is 0. The molecule has 0 rings (SSSR count). The van der Waals surface area contributed by atoms with Crippen molar-refractivity contribution in [2.75, 3.05) is 6.61 Å². The molecule has 0 aliphatic heterocycles. The molecule has 0 aromatic heterocycles. The van der Waals surface area contributed by atoms with Crippen LogP contribution in [0.25, 0.3) is 0 Å². The summed E-state index contributed by atoms with van der Waals surface area (Å²) >= 11 is 0. The average Bonchev–Trinajstić information content (AvgIpc) is 1.66. The Morgan fingerprint density at radius 2 is 2.25 bits per heavy atom. The van der Waals surface area contributed by atoms with Gasteiger partial charge in [0.05, 0.1) is 0 Å². The summed E-state index contributed by atoms with van der Waals surface area (Å²) in [4.78, 5) is 3.81. The highest BCUT2D eigenvalue weighted by Gasteiger charge is 1.80. The van der Waals surface area contributed by atoms with Crippen molar-refractivity contribution < 1.29 is 10.1 Å². The summed E-state index contributed by atoms with van der Waals surface area (Å²) in [5, 5.41) is 7.83. The van der Waals surface area contributed by atoms with Crippen molar-refractivity contribution in [3.8, 4) is 0 Å². The van der Waals surface area contributed by atoms with Gasteiger partial charge in [-0.3, -0.25) is 5.26 Å². The maximum absolute atomic E-state index is 7.83. The third kappa shape index (κ3) is 5.66. The van der Waals surface area contributed by atoms with E-state index in [2.05, 4.69) is 18.7 Å². The van der Waals surface area contributed by atoms with E-state index in [1.54, 1.807) is 6.08 Å². The monoisotopic (exact) mass is 116 g/mol. The fraction of sp³-hybridized carbons (Fsp3) is 0.667. The van der Waals surface area contributed by atoms with Crippen molar-refractivity contribution in [1.29, 1.82) is 0 Å². The van der Waals surface area contributed by atoms with Crippen molar-refractivity contribution >= 4 is 0 Å². The van der Waals surface area contributed by atoms with Crippen LogP contribution in [0.1, 0.15) is 13.8 Å². The van der Waals surface area contributed by atoms with Crippen molar-refractivity contribution in [3.05, 3.63) is 12.2 Å². The lowest BCUT2D eigenvalue weighted by Gasteiger charge is -1.90. The van der Waals surface area contributed by atoms with Crippen LogP contribution in [-0.2, 0) is 4.89 Å². The fourth-order valence-electron chi connectivity index (χ4n) is 0.371. The zero-order chi connectivity index (χ0) is 6.41. The molecule has 0 atom stereocenters. The highest BCUT2D eigenvalue weighted by molar-refractivity contribution is 4.83. The summed E-state index contributed by atoms with van der Waals surface area (Å²) in [6, 6.07) is 0. The zero-order valence-electron chi connectivity index (χ0n) is 5.29. The van der Waals surface area contributed by atoms with Crippen molar-refractivity contribution in [2.45, 2.75) is 13.8 Å². The van der Waals surface area contributed by atoms with Crippen molar-refractivity contribution in [1.82, 2.24) is 0 Å². The van der Waals surface area contributed by atoms with Crippen LogP contribution in [0.3, 0.4) is 0 Å². The quantitative estimate of drug-likeness (QED) is 0.345. The number of allylic oxidation sites excluding steroid dienone is 1. The summed E-state index contributed by atoms with van der Waals surface area (Å²) in [5.74, 6) is 0.533. The fourth-order valence-corrected chi connectivity index (χ4v) is 0.371. The minimum atomic E-state index is 0.290. The second-order valence-corrected chi connectivity index (χ2v) is 1.97. The summed E-state index contributed by atoms with van der Waals surface area (Å²) in [6.07, 6.45) is 3.75. The van der Waals surface area contributed by atoms with Crippen LogP contribution < -0.4 is 0 Å². The molecule has 0 aliphatic carbocycles. The third-order valence-corrected chi connectivity index (χ3v) is 0.692. The first-order valence-electron chi connectivity index (χ1n) is 2.70. The molecule has 0 bridgehead atoms. The predicted molar refractivity (Wildman–Crippen MR) is 32.6 cm³/mol. The lowest BCUT2D eigenvalue weighted by molar-refractivity contribution is -0.231. The normalized spacial score (nSPS) is 11.5. The Balaban J connectivity index is 3.07. The molecule has 0 amide bonds. The van der Waals surface area contributed by atoms with Gasteiger partial charge in [-0.25, -0.2) is 4.89 Å². The minimum Gasteiger partial charge on any atom is -0.252 e. The van der Waals surface area contributed by atoms with Crippen LogP contribution in [0.4, 0.5) is 0 Å². The second kappa shape index (κ2) is 4.81. The van der Waals surface area contributed by atoms with Gasteiger partial charge in [0.15, 0.2) is 0 Å². The van der Waals surface area contributed by atoms with Crippen LogP contribution in [0.2, 0.25) is 0 Å². The van der Waals surface area contributed by atoms with Gasteiger partial charge in [-0.1, -0.05) is 26.0 Å². The van der Waals surface area contributed by atoms with Gasteiger partial charge in [0.1, 0.15) is 6.61 Å². The van der Waals surface area contributed by atoms with E-state index in [1.165, 1.54) is 0 Å². The molecular formula is C6H12O2. The minimum absolute atomic E-state index is 0.290. The Morgan fingerprint density at radius 3 is 2.62 bits per heavy atom. The van der Waals surface area contributed by atoms with Crippen LogP contribution in [0, 0.1) is 5.92 Å². The van der Waals surface area contributed by atoms with Crippen molar-refractivity contribution in [3.63, 3.8) is 0 Å². The third-order valence-electron chi connectivity index (χ3n) is 0.692. The molecule has 0 unspecified atom stereocenters. The molecule has 48 valence electrons. The van der Waals surface area contributed by atoms with Crippen LogP contribution >= 0.6 is 0 Å². The lowest BCUT2D eigenvalue weighted by atomic mass is 10.2. The van der Waals surface area contributed by atoms with E-state index >= 15 is 0 Å². The standard InChI is InChI=1S/C6H12O2/c1-6(2)4-3-5-8-7/h3-4,6-7H,5H2,1-2H3/b4-3+. The first-order valence-corrected chi connectivity index (χ1v) is 2.70. The van der Waals surface area contributed by atoms with Gasteiger partial charge >= 0.3 is 0 Å². The van der Waals surface area contributed by atoms with E-state index in [-0.39, 0.29) is 6.61 Å². The molecule has 0 saturated carbocycles. The number of rotatable bonds is 3. The largest absolute Gasteiger partial charge is 0.252 e. The Labute approximate surface area is 49.7 Å². The van der Waals surface area contributed by atoms with Crippen LogP contribution in [0.5, 0.6) is 0 Å². The second-order valence-electron chi connectivity index (χ2n) is 1.97. The molecule has 0 fully saturated rings. The van der Waals surface area contributed by atoms with Gasteiger partial charge in [-0.05, 0) is 5.92 Å². The SMILES string of the molecule is CC(C)/C=C/COO. The van der Waals surface area contributed by atoms with E-state index in [9.17, 15) is 0 Å². The van der Waals surface area contributed by atoms with E-state index < -0.39 is 0 Å². The lowest BCUT2D eigenvalue weighted by Crippen LogP contribution is -1.84. The summed E-state index contributed by atoms with van der Waals surface area (Å²) in [5.41, 5.74) is 0. The molecule has 0 radical (unpaired) electrons. The summed E-state index contributed by atoms with van der Waals surface area (Å²) < 4.78 is 0. The Kier molecular flexibility index (Phi) is 4.61. The van der Waals surface area contributed by atoms with Gasteiger partial charge in [-0.15, -0.1) is 0 Å². The van der Waals surface area contributed by atoms with Crippen molar-refractivity contribution in [2.24, 2.45) is 5.92 Å². The van der Waals surface area contributed by atoms with E-state index in [1.807, 2.05) is 6.08 Å². The van der Waals surface area contributed by atoms with Gasteiger partial charge in [-0.2, -0.15) is 0 Å². The molecule has 0 aliphatic rings. The van der Waals surface area contributed by atoms with Crippen LogP contribution in [-0.4, -0.2) is 11.9 Å². The Hall–Kier alpha value is -0.340. The Bertz CT molecular complexity index is 66.9. The molecule has 0 aromatic rings. The summed E-state index contributed by atoms with van der Waals surface area (Å²) in [6.45, 7) is 4.42. The van der Waals surface area contributed by atoms with Gasteiger partial charge in [0.25, 0.3) is 0 Å². The van der Waals surface area contributed by atoms with Gasteiger partial charge < -0.3 is 0 Å². The number of hydrogen-bond acceptors (Lipinski definition) is 2. The maximum Gasteiger partial charge on any atom is 0.100 e. The average molecular weight is 116 g/mol. The molecule has 0 saturated heterocycles. The van der Waals surface area contributed by atoms with E-state index in [4.69, 9.17) is 5.26 Å². The molecular weight excluding hydrogens is 104 g/mol. The molecule has 2 heteroatoms. The smallest absolute Gasteiger partial charge is 0.100 e. The van der Waals surface area contributed by atoms with Crippen LogP contribution in [0.15, 0.2) is 12.2 Å². The number of hydrogen-bond donors (Lipinski definition) is 1. The molecule has 8 heavy (non-hydrogen) atoms. The molecule has 1 N–H and O–H groups in total. The van der Waals surface area contributed by atoms with E-state index in [0.29, 0.717) is 5.92 Å². The van der Waals surface area contributed by atoms with Gasteiger partial charge in [0.2, 0.25) is 0 Å². The highest BCUT2D eigenvalue weighted by Crippen LogP contribution is 1.91. The molecule has 0 spiro atoms. The molecule has 0 heterocycles.